The van der Waals surface area contributed by atoms with E-state index >= 15 is 0 Å². The Kier molecular flexibility index (Phi) is 7.66. The highest BCUT2D eigenvalue weighted by atomic mass is 14.9. The number of unbranched alkanes of at least 4 members (excludes halogenated alkanes) is 1. The van der Waals surface area contributed by atoms with E-state index in [1.54, 1.807) is 5.57 Å². The van der Waals surface area contributed by atoms with E-state index < -0.39 is 0 Å². The second kappa shape index (κ2) is 7.89. The molecule has 0 amide bonds. The number of nitrogens with one attached hydrogen (secondary N) is 1. The molecular weight excluding hydrogens is 230 g/mol. The minimum absolute atomic E-state index is 0.0605. The molecule has 0 radical (unpaired) electrons. The molecule has 0 aliphatic carbocycles. The van der Waals surface area contributed by atoms with Gasteiger partial charge in [-0.25, -0.2) is 0 Å². The molecule has 0 rings (SSSR count). The molecule has 0 aromatic heterocycles. The lowest BCUT2D eigenvalue weighted by Crippen LogP contribution is -2.34. The minimum atomic E-state index is 0.0605. The van der Waals surface area contributed by atoms with Crippen molar-refractivity contribution in [2.75, 3.05) is 7.05 Å². The minimum Gasteiger partial charge on any atom is -0.311 e. The summed E-state index contributed by atoms with van der Waals surface area (Å²) in [4.78, 5) is 0. The monoisotopic (exact) mass is 265 g/mol. The topological polar surface area (TPSA) is 12.0 Å². The first-order valence-corrected chi connectivity index (χ1v) is 7.75. The standard InChI is InChI=1S/C18H35N/c1-9-10-11-16(14-15(2)3)17(4,5)12-13-18(6,7)19-8/h12-15,19H,9-11H2,1-8H3. The van der Waals surface area contributed by atoms with Gasteiger partial charge in [0.05, 0.1) is 0 Å². The van der Waals surface area contributed by atoms with E-state index in [1.807, 2.05) is 7.05 Å². The SMILES string of the molecule is CCCCC(=CC(C)C)C(C)(C)C=CC(C)(C)NC. The smallest absolute Gasteiger partial charge is 0.0304 e. The van der Waals surface area contributed by atoms with Crippen LogP contribution in [-0.4, -0.2) is 12.6 Å². The fourth-order valence-corrected chi connectivity index (χ4v) is 2.00. The summed E-state index contributed by atoms with van der Waals surface area (Å²) in [6, 6.07) is 0. The highest BCUT2D eigenvalue weighted by Crippen LogP contribution is 2.33. The first-order valence-electron chi connectivity index (χ1n) is 7.75. The first kappa shape index (κ1) is 18.4. The molecule has 19 heavy (non-hydrogen) atoms. The van der Waals surface area contributed by atoms with Crippen molar-refractivity contribution in [2.24, 2.45) is 11.3 Å². The van der Waals surface area contributed by atoms with Gasteiger partial charge < -0.3 is 5.32 Å². The average molecular weight is 265 g/mol. The van der Waals surface area contributed by atoms with Crippen molar-refractivity contribution in [1.82, 2.24) is 5.32 Å². The molecule has 0 spiro atoms. The van der Waals surface area contributed by atoms with Crippen LogP contribution in [0.4, 0.5) is 0 Å². The maximum absolute atomic E-state index is 3.33. The number of allylic oxidation sites excluding steroid dienone is 3. The molecule has 0 aliphatic rings. The third-order valence-electron chi connectivity index (χ3n) is 3.72. The van der Waals surface area contributed by atoms with Crippen LogP contribution in [0, 0.1) is 11.3 Å². The lowest BCUT2D eigenvalue weighted by atomic mass is 9.79. The van der Waals surface area contributed by atoms with Gasteiger partial charge >= 0.3 is 0 Å². The molecule has 0 atom stereocenters. The summed E-state index contributed by atoms with van der Waals surface area (Å²) in [6.45, 7) is 15.9. The van der Waals surface area contributed by atoms with Gasteiger partial charge in [-0.1, -0.05) is 64.8 Å². The van der Waals surface area contributed by atoms with Crippen LogP contribution in [0.5, 0.6) is 0 Å². The quantitative estimate of drug-likeness (QED) is 0.584. The summed E-state index contributed by atoms with van der Waals surface area (Å²) in [5.41, 5.74) is 1.78. The molecule has 1 N–H and O–H groups in total. The molecule has 1 nitrogen and oxygen atoms in total. The summed E-state index contributed by atoms with van der Waals surface area (Å²) in [7, 11) is 2.01. The number of hydrogen-bond acceptors (Lipinski definition) is 1. The molecule has 0 saturated carbocycles. The van der Waals surface area contributed by atoms with Gasteiger partial charge in [-0.15, -0.1) is 0 Å². The molecule has 0 aromatic rings. The number of rotatable bonds is 8. The highest BCUT2D eigenvalue weighted by molar-refractivity contribution is 5.22. The lowest BCUT2D eigenvalue weighted by Gasteiger charge is -2.28. The van der Waals surface area contributed by atoms with Crippen molar-refractivity contribution >= 4 is 0 Å². The van der Waals surface area contributed by atoms with E-state index in [1.165, 1.54) is 19.3 Å². The third kappa shape index (κ3) is 7.57. The van der Waals surface area contributed by atoms with Gasteiger partial charge in [0.15, 0.2) is 0 Å². The van der Waals surface area contributed by atoms with Gasteiger partial charge in [-0.3, -0.25) is 0 Å². The van der Waals surface area contributed by atoms with Crippen molar-refractivity contribution in [3.63, 3.8) is 0 Å². The second-order valence-electron chi connectivity index (χ2n) is 7.07. The van der Waals surface area contributed by atoms with Gasteiger partial charge in [0.2, 0.25) is 0 Å². The Bertz CT molecular complexity index is 306. The molecule has 0 heterocycles. The van der Waals surface area contributed by atoms with Gasteiger partial charge in [-0.05, 0) is 39.7 Å². The van der Waals surface area contributed by atoms with Crippen LogP contribution >= 0.6 is 0 Å². The Morgan fingerprint density at radius 2 is 1.68 bits per heavy atom. The molecule has 0 aliphatic heterocycles. The zero-order valence-electron chi connectivity index (χ0n) is 14.4. The van der Waals surface area contributed by atoms with E-state index in [-0.39, 0.29) is 11.0 Å². The van der Waals surface area contributed by atoms with Crippen LogP contribution in [0.2, 0.25) is 0 Å². The van der Waals surface area contributed by atoms with Crippen LogP contribution < -0.4 is 5.32 Å². The predicted molar refractivity (Wildman–Crippen MR) is 88.5 cm³/mol. The molecule has 0 unspecified atom stereocenters. The Balaban J connectivity index is 5.08. The van der Waals surface area contributed by atoms with Crippen molar-refractivity contribution in [3.8, 4) is 0 Å². The summed E-state index contributed by atoms with van der Waals surface area (Å²) < 4.78 is 0. The molecule has 0 bridgehead atoms. The molecule has 112 valence electrons. The molecule has 0 saturated heterocycles. The van der Waals surface area contributed by atoms with Gasteiger partial charge in [0.25, 0.3) is 0 Å². The van der Waals surface area contributed by atoms with Crippen molar-refractivity contribution in [2.45, 2.75) is 73.3 Å². The normalized spacial score (nSPS) is 14.7. The van der Waals surface area contributed by atoms with Crippen molar-refractivity contribution in [1.29, 1.82) is 0 Å². The van der Waals surface area contributed by atoms with E-state index in [2.05, 4.69) is 72.0 Å². The van der Waals surface area contributed by atoms with E-state index in [4.69, 9.17) is 0 Å². The predicted octanol–water partition coefficient (Wildman–Crippen LogP) is 5.34. The molecule has 0 aromatic carbocycles. The zero-order chi connectivity index (χ0) is 15.1. The maximum Gasteiger partial charge on any atom is 0.0304 e. The Hall–Kier alpha value is -0.560. The fraction of sp³-hybridized carbons (Fsp3) is 0.778. The third-order valence-corrected chi connectivity index (χ3v) is 3.72. The van der Waals surface area contributed by atoms with Gasteiger partial charge in [-0.2, -0.15) is 0 Å². The van der Waals surface area contributed by atoms with Gasteiger partial charge in [0.1, 0.15) is 0 Å². The van der Waals surface area contributed by atoms with E-state index in [0.29, 0.717) is 5.92 Å². The molecular formula is C18H35N. The second-order valence-corrected chi connectivity index (χ2v) is 7.07. The fourth-order valence-electron chi connectivity index (χ4n) is 2.00. The highest BCUT2D eigenvalue weighted by Gasteiger charge is 2.21. The summed E-state index contributed by atoms with van der Waals surface area (Å²) in [5.74, 6) is 0.622. The zero-order valence-corrected chi connectivity index (χ0v) is 14.4. The largest absolute Gasteiger partial charge is 0.311 e. The van der Waals surface area contributed by atoms with Crippen LogP contribution in [-0.2, 0) is 0 Å². The average Bonchev–Trinajstić information content (AvgIpc) is 2.32. The summed E-state index contributed by atoms with van der Waals surface area (Å²) >= 11 is 0. The van der Waals surface area contributed by atoms with Crippen LogP contribution in [0.3, 0.4) is 0 Å². The molecule has 0 fully saturated rings. The Morgan fingerprint density at radius 3 is 2.11 bits per heavy atom. The number of hydrogen-bond donors (Lipinski definition) is 1. The van der Waals surface area contributed by atoms with E-state index in [9.17, 15) is 0 Å². The molecule has 1 heteroatoms. The Labute approximate surface area is 121 Å². The summed E-state index contributed by atoms with van der Waals surface area (Å²) in [6.07, 6.45) is 10.9. The first-order chi connectivity index (χ1) is 8.64. The van der Waals surface area contributed by atoms with Crippen LogP contribution in [0.1, 0.15) is 67.7 Å². The van der Waals surface area contributed by atoms with E-state index in [0.717, 1.165) is 0 Å². The maximum atomic E-state index is 3.33. The summed E-state index contributed by atoms with van der Waals surface area (Å²) in [5, 5.41) is 3.33. The lowest BCUT2D eigenvalue weighted by molar-refractivity contribution is 0.496. The van der Waals surface area contributed by atoms with Crippen molar-refractivity contribution < 1.29 is 0 Å². The Morgan fingerprint density at radius 1 is 1.11 bits per heavy atom. The number of likely N-dealkylation sites (N-methyl/N-ethyl adjacent to an activating group) is 1. The van der Waals surface area contributed by atoms with Crippen molar-refractivity contribution in [3.05, 3.63) is 23.8 Å². The van der Waals surface area contributed by atoms with Crippen LogP contribution in [0.25, 0.3) is 0 Å². The van der Waals surface area contributed by atoms with Crippen LogP contribution in [0.15, 0.2) is 23.8 Å². The van der Waals surface area contributed by atoms with Gasteiger partial charge in [0, 0.05) is 11.0 Å².